The number of carboxylic acids is 1. The van der Waals surface area contributed by atoms with E-state index in [0.717, 1.165) is 0 Å². The van der Waals surface area contributed by atoms with Gasteiger partial charge in [0.2, 0.25) is 0 Å². The maximum absolute atomic E-state index is 11.4. The Balaban J connectivity index is 2.46. The number of hydrogen-bond acceptors (Lipinski definition) is 3. The number of aromatic amines is 1. The summed E-state index contributed by atoms with van der Waals surface area (Å²) in [5, 5.41) is 8.81. The number of aliphatic carboxylic acids is 1. The molecule has 1 atom stereocenters. The van der Waals surface area contributed by atoms with E-state index in [4.69, 9.17) is 10.8 Å². The number of benzene rings is 1. The smallest absolute Gasteiger partial charge is 0.330 e. The molecule has 4 N–H and O–H groups in total. The quantitative estimate of drug-likeness (QED) is 0.707. The number of rotatable bonds is 3. The molecule has 2 rings (SSSR count). The number of nitrogens with zero attached hydrogens (tertiary/aromatic N) is 1. The van der Waals surface area contributed by atoms with Gasteiger partial charge in [-0.15, -0.1) is 0 Å². The Labute approximate surface area is 96.3 Å². The highest BCUT2D eigenvalue weighted by atomic mass is 16.4. The largest absolute Gasteiger partial charge is 0.480 e. The van der Waals surface area contributed by atoms with Gasteiger partial charge in [0, 0.05) is 12.4 Å². The lowest BCUT2D eigenvalue weighted by Crippen LogP contribution is -2.21. The topological polar surface area (TPSA) is 101 Å². The second kappa shape index (κ2) is 4.26. The third-order valence-electron chi connectivity index (χ3n) is 2.42. The fourth-order valence-corrected chi connectivity index (χ4v) is 1.53. The summed E-state index contributed by atoms with van der Waals surface area (Å²) in [7, 11) is 0. The summed E-state index contributed by atoms with van der Waals surface area (Å²) in [6.45, 7) is 0. The summed E-state index contributed by atoms with van der Waals surface area (Å²) in [5.41, 5.74) is 6.24. The minimum atomic E-state index is -1.11. The van der Waals surface area contributed by atoms with Crippen LogP contribution in [0.5, 0.6) is 0 Å². The molecular formula is C11H11N3O3. The lowest BCUT2D eigenvalue weighted by Gasteiger charge is -2.08. The Morgan fingerprint density at radius 2 is 2.24 bits per heavy atom. The number of H-pyrrole nitrogens is 1. The number of imidazole rings is 1. The summed E-state index contributed by atoms with van der Waals surface area (Å²) in [6.07, 6.45) is 3.07. The molecule has 6 heteroatoms. The Hall–Kier alpha value is -2.34. The lowest BCUT2D eigenvalue weighted by atomic mass is 10.1. The molecule has 0 aliphatic rings. The van der Waals surface area contributed by atoms with Crippen LogP contribution in [0.2, 0.25) is 0 Å². The van der Waals surface area contributed by atoms with Crippen LogP contribution in [0.3, 0.4) is 0 Å². The van der Waals surface area contributed by atoms with Crippen LogP contribution >= 0.6 is 0 Å². The van der Waals surface area contributed by atoms with Gasteiger partial charge in [-0.25, -0.2) is 4.79 Å². The van der Waals surface area contributed by atoms with Crippen LogP contribution in [-0.4, -0.2) is 20.6 Å². The van der Waals surface area contributed by atoms with Crippen LogP contribution in [0.25, 0.3) is 5.69 Å². The molecule has 0 aliphatic heterocycles. The van der Waals surface area contributed by atoms with Crippen LogP contribution in [-0.2, 0) is 4.79 Å². The third kappa shape index (κ3) is 2.11. The van der Waals surface area contributed by atoms with E-state index in [2.05, 4.69) is 4.98 Å². The van der Waals surface area contributed by atoms with Crippen LogP contribution in [0.1, 0.15) is 11.6 Å². The van der Waals surface area contributed by atoms with E-state index in [-0.39, 0.29) is 5.69 Å². The minimum Gasteiger partial charge on any atom is -0.480 e. The van der Waals surface area contributed by atoms with Gasteiger partial charge in [0.25, 0.3) is 0 Å². The number of aromatic nitrogens is 2. The second-order valence-electron chi connectivity index (χ2n) is 3.55. The molecule has 1 aromatic carbocycles. The molecule has 0 radical (unpaired) electrons. The van der Waals surface area contributed by atoms with Gasteiger partial charge >= 0.3 is 11.7 Å². The van der Waals surface area contributed by atoms with Gasteiger partial charge < -0.3 is 15.8 Å². The van der Waals surface area contributed by atoms with Crippen LogP contribution < -0.4 is 11.4 Å². The van der Waals surface area contributed by atoms with Crippen molar-refractivity contribution in [2.75, 3.05) is 0 Å². The molecule has 1 aromatic heterocycles. The molecule has 88 valence electrons. The fourth-order valence-electron chi connectivity index (χ4n) is 1.53. The summed E-state index contributed by atoms with van der Waals surface area (Å²) in [4.78, 5) is 24.7. The molecule has 0 aliphatic carbocycles. The highest BCUT2D eigenvalue weighted by Crippen LogP contribution is 2.14. The number of hydrogen-bond donors (Lipinski definition) is 3. The first-order valence-corrected chi connectivity index (χ1v) is 4.94. The Bertz CT molecular complexity index is 600. The van der Waals surface area contributed by atoms with Crippen molar-refractivity contribution in [2.24, 2.45) is 5.73 Å². The molecule has 0 saturated heterocycles. The molecule has 0 saturated carbocycles. The zero-order chi connectivity index (χ0) is 12.4. The highest BCUT2D eigenvalue weighted by molar-refractivity contribution is 5.75. The van der Waals surface area contributed by atoms with E-state index in [9.17, 15) is 9.59 Å². The summed E-state index contributed by atoms with van der Waals surface area (Å²) in [6, 6.07) is 5.46. The van der Waals surface area contributed by atoms with Crippen molar-refractivity contribution in [3.8, 4) is 5.69 Å². The molecule has 0 amide bonds. The molecule has 1 heterocycles. The number of carboxylic acid groups (broad SMARTS) is 1. The van der Waals surface area contributed by atoms with Crippen LogP contribution in [0.4, 0.5) is 0 Å². The summed E-state index contributed by atoms with van der Waals surface area (Å²) < 4.78 is 1.37. The number of carbonyl (C=O) groups is 1. The summed E-state index contributed by atoms with van der Waals surface area (Å²) >= 11 is 0. The predicted molar refractivity (Wildman–Crippen MR) is 61.0 cm³/mol. The molecule has 6 nitrogen and oxygen atoms in total. The monoisotopic (exact) mass is 233 g/mol. The lowest BCUT2D eigenvalue weighted by molar-refractivity contribution is -0.138. The van der Waals surface area contributed by atoms with Crippen molar-refractivity contribution in [1.29, 1.82) is 0 Å². The van der Waals surface area contributed by atoms with E-state index >= 15 is 0 Å². The van der Waals surface area contributed by atoms with Gasteiger partial charge in [-0.1, -0.05) is 12.1 Å². The second-order valence-corrected chi connectivity index (χ2v) is 3.55. The zero-order valence-electron chi connectivity index (χ0n) is 8.83. The highest BCUT2D eigenvalue weighted by Gasteiger charge is 2.14. The van der Waals surface area contributed by atoms with E-state index in [1.807, 2.05) is 0 Å². The van der Waals surface area contributed by atoms with Crippen molar-refractivity contribution >= 4 is 5.97 Å². The molecule has 0 bridgehead atoms. The van der Waals surface area contributed by atoms with Gasteiger partial charge in [0.05, 0.1) is 5.69 Å². The van der Waals surface area contributed by atoms with E-state index in [0.29, 0.717) is 11.3 Å². The number of nitrogens with two attached hydrogens (primary N) is 1. The molecule has 2 aromatic rings. The third-order valence-corrected chi connectivity index (χ3v) is 2.42. The maximum atomic E-state index is 11.4. The van der Waals surface area contributed by atoms with Gasteiger partial charge in [-0.3, -0.25) is 9.36 Å². The van der Waals surface area contributed by atoms with Crippen molar-refractivity contribution in [2.45, 2.75) is 6.04 Å². The average molecular weight is 233 g/mol. The Kier molecular flexibility index (Phi) is 2.80. The standard InChI is InChI=1S/C11H11N3O3/c12-9(10(15)16)7-2-1-3-8(6-7)14-5-4-13-11(14)17/h1-6,9H,12H2,(H,13,17)(H,15,16). The van der Waals surface area contributed by atoms with E-state index in [1.54, 1.807) is 30.5 Å². The maximum Gasteiger partial charge on any atom is 0.330 e. The summed E-state index contributed by atoms with van der Waals surface area (Å²) in [5.74, 6) is -1.11. The van der Waals surface area contributed by atoms with E-state index in [1.165, 1.54) is 10.8 Å². The Morgan fingerprint density at radius 3 is 2.82 bits per heavy atom. The van der Waals surface area contributed by atoms with Gasteiger partial charge in [-0.2, -0.15) is 0 Å². The van der Waals surface area contributed by atoms with Gasteiger partial charge in [-0.05, 0) is 17.7 Å². The molecule has 0 fully saturated rings. The first-order chi connectivity index (χ1) is 8.09. The number of nitrogens with one attached hydrogen (secondary N) is 1. The van der Waals surface area contributed by atoms with Crippen molar-refractivity contribution in [3.63, 3.8) is 0 Å². The van der Waals surface area contributed by atoms with Gasteiger partial charge in [0.1, 0.15) is 6.04 Å². The van der Waals surface area contributed by atoms with Crippen molar-refractivity contribution < 1.29 is 9.90 Å². The Morgan fingerprint density at radius 1 is 1.47 bits per heavy atom. The first kappa shape index (κ1) is 11.2. The van der Waals surface area contributed by atoms with Crippen molar-refractivity contribution in [3.05, 3.63) is 52.7 Å². The molecular weight excluding hydrogens is 222 g/mol. The molecule has 0 spiro atoms. The molecule has 17 heavy (non-hydrogen) atoms. The zero-order valence-corrected chi connectivity index (χ0v) is 8.83. The van der Waals surface area contributed by atoms with Crippen molar-refractivity contribution in [1.82, 2.24) is 9.55 Å². The first-order valence-electron chi connectivity index (χ1n) is 4.94. The van der Waals surface area contributed by atoms with Crippen LogP contribution in [0, 0.1) is 0 Å². The van der Waals surface area contributed by atoms with E-state index < -0.39 is 12.0 Å². The predicted octanol–water partition coefficient (Wildman–Crippen LogP) is 0.250. The normalized spacial score (nSPS) is 12.3. The fraction of sp³-hybridized carbons (Fsp3) is 0.0909. The minimum absolute atomic E-state index is 0.286. The van der Waals surface area contributed by atoms with Crippen LogP contribution in [0.15, 0.2) is 41.5 Å². The molecule has 1 unspecified atom stereocenters. The average Bonchev–Trinajstić information content (AvgIpc) is 2.74. The SMILES string of the molecule is NC(C(=O)O)c1cccc(-n2cc[nH]c2=O)c1. The van der Waals surface area contributed by atoms with Gasteiger partial charge in [0.15, 0.2) is 0 Å².